The lowest BCUT2D eigenvalue weighted by molar-refractivity contribution is 0.536. The minimum Gasteiger partial charge on any atom is -0.384 e. The highest BCUT2D eigenvalue weighted by Gasteiger charge is 2.62. The highest BCUT2D eigenvalue weighted by atomic mass is 19.1. The zero-order chi connectivity index (χ0) is 16.8. The second-order valence-electron chi connectivity index (χ2n) is 7.36. The Kier molecular flexibility index (Phi) is 3.38. The molecule has 1 aliphatic carbocycles. The van der Waals surface area contributed by atoms with Crippen LogP contribution in [0.4, 0.5) is 4.39 Å². The maximum Gasteiger partial charge on any atom is 0.123 e. The van der Waals surface area contributed by atoms with Gasteiger partial charge in [0.15, 0.2) is 0 Å². The molecule has 1 fully saturated rings. The summed E-state index contributed by atoms with van der Waals surface area (Å²) in [4.78, 5) is 0. The summed E-state index contributed by atoms with van der Waals surface area (Å²) in [5, 5.41) is 3.64. The lowest BCUT2D eigenvalue weighted by Gasteiger charge is -2.23. The molecule has 2 aromatic rings. The van der Waals surface area contributed by atoms with Gasteiger partial charge in [-0.15, -0.1) is 0 Å². The standard InChI is InChI=1S/C22H22FN/c1-21-15-22(21,2)24-14-18(16-10-12-19(23)13-11-16)8-5-7-17-6-3-4-9-20(17)21/h3-6,8-14,24H,7,15H2,1-2H3/b8-5-,18-14+. The van der Waals surface area contributed by atoms with E-state index in [1.807, 2.05) is 12.1 Å². The molecule has 0 aromatic heterocycles. The number of nitrogens with one attached hydrogen (secondary N) is 1. The number of allylic oxidation sites excluding steroid dienone is 3. The predicted molar refractivity (Wildman–Crippen MR) is 97.2 cm³/mol. The van der Waals surface area contributed by atoms with E-state index in [1.165, 1.54) is 23.3 Å². The topological polar surface area (TPSA) is 12.0 Å². The van der Waals surface area contributed by atoms with Gasteiger partial charge in [-0.2, -0.15) is 0 Å². The van der Waals surface area contributed by atoms with Gasteiger partial charge in [0.25, 0.3) is 0 Å². The summed E-state index contributed by atoms with van der Waals surface area (Å²) in [6.07, 6.45) is 8.45. The van der Waals surface area contributed by atoms with Gasteiger partial charge in [-0.1, -0.05) is 55.5 Å². The maximum atomic E-state index is 13.2. The average molecular weight is 319 g/mol. The van der Waals surface area contributed by atoms with Crippen molar-refractivity contribution in [1.82, 2.24) is 5.32 Å². The lowest BCUT2D eigenvalue weighted by Crippen LogP contribution is -2.32. The van der Waals surface area contributed by atoms with Gasteiger partial charge in [-0.25, -0.2) is 4.39 Å². The number of rotatable bonds is 1. The summed E-state index contributed by atoms with van der Waals surface area (Å²) in [7, 11) is 0. The highest BCUT2D eigenvalue weighted by molar-refractivity contribution is 5.74. The molecule has 4 rings (SSSR count). The van der Waals surface area contributed by atoms with Gasteiger partial charge in [0, 0.05) is 17.2 Å². The van der Waals surface area contributed by atoms with Crippen molar-refractivity contribution in [3.8, 4) is 0 Å². The first-order valence-corrected chi connectivity index (χ1v) is 8.51. The molecule has 2 atom stereocenters. The number of hydrogen-bond acceptors (Lipinski definition) is 1. The molecule has 1 saturated carbocycles. The maximum absolute atomic E-state index is 13.2. The quantitative estimate of drug-likeness (QED) is 0.781. The van der Waals surface area contributed by atoms with Gasteiger partial charge in [-0.05, 0) is 54.2 Å². The van der Waals surface area contributed by atoms with Gasteiger partial charge in [0.2, 0.25) is 0 Å². The van der Waals surface area contributed by atoms with E-state index >= 15 is 0 Å². The Morgan fingerprint density at radius 2 is 1.75 bits per heavy atom. The fourth-order valence-electron chi connectivity index (χ4n) is 3.92. The summed E-state index contributed by atoms with van der Waals surface area (Å²) in [6, 6.07) is 15.4. The molecule has 2 unspecified atom stereocenters. The van der Waals surface area contributed by atoms with Crippen LogP contribution in [0.15, 0.2) is 66.9 Å². The Balaban J connectivity index is 1.76. The first kappa shape index (κ1) is 15.2. The molecule has 1 N–H and O–H groups in total. The van der Waals surface area contributed by atoms with Crippen LogP contribution in [0, 0.1) is 5.82 Å². The van der Waals surface area contributed by atoms with E-state index in [0.29, 0.717) is 0 Å². The van der Waals surface area contributed by atoms with Crippen molar-refractivity contribution in [2.75, 3.05) is 0 Å². The Hall–Kier alpha value is -2.35. The Labute approximate surface area is 142 Å². The number of halogens is 1. The summed E-state index contributed by atoms with van der Waals surface area (Å²) in [5.41, 5.74) is 5.16. The summed E-state index contributed by atoms with van der Waals surface area (Å²) >= 11 is 0. The summed E-state index contributed by atoms with van der Waals surface area (Å²) < 4.78 is 13.2. The molecule has 0 spiro atoms. The van der Waals surface area contributed by atoms with Crippen molar-refractivity contribution >= 4 is 5.57 Å². The third kappa shape index (κ3) is 2.37. The Bertz CT molecular complexity index is 833. The fraction of sp³-hybridized carbons (Fsp3) is 0.273. The van der Waals surface area contributed by atoms with Crippen molar-refractivity contribution in [2.24, 2.45) is 0 Å². The number of benzene rings is 2. The summed E-state index contributed by atoms with van der Waals surface area (Å²) in [6.45, 7) is 4.63. The third-order valence-corrected chi connectivity index (χ3v) is 5.77. The van der Waals surface area contributed by atoms with Crippen LogP contribution in [-0.2, 0) is 11.8 Å². The molecule has 1 nitrogen and oxygen atoms in total. The van der Waals surface area contributed by atoms with E-state index in [2.05, 4.69) is 61.8 Å². The van der Waals surface area contributed by atoms with Crippen molar-refractivity contribution < 1.29 is 4.39 Å². The van der Waals surface area contributed by atoms with Crippen LogP contribution in [-0.4, -0.2) is 5.54 Å². The second-order valence-corrected chi connectivity index (χ2v) is 7.36. The first-order valence-electron chi connectivity index (χ1n) is 8.51. The van der Waals surface area contributed by atoms with E-state index in [4.69, 9.17) is 0 Å². The molecule has 24 heavy (non-hydrogen) atoms. The van der Waals surface area contributed by atoms with E-state index < -0.39 is 0 Å². The SMILES string of the molecule is CC12CC1(C)c1ccccc1C/C=C\C(c1ccc(F)cc1)=C/N2. The van der Waals surface area contributed by atoms with Crippen molar-refractivity contribution in [1.29, 1.82) is 0 Å². The van der Waals surface area contributed by atoms with Gasteiger partial charge in [0.1, 0.15) is 5.82 Å². The third-order valence-electron chi connectivity index (χ3n) is 5.77. The molecule has 0 bridgehead atoms. The van der Waals surface area contributed by atoms with Gasteiger partial charge in [0.05, 0.1) is 0 Å². The van der Waals surface area contributed by atoms with Crippen LogP contribution in [0.25, 0.3) is 5.57 Å². The fourth-order valence-corrected chi connectivity index (χ4v) is 3.92. The van der Waals surface area contributed by atoms with E-state index in [-0.39, 0.29) is 16.8 Å². The second kappa shape index (κ2) is 5.34. The molecule has 0 radical (unpaired) electrons. The lowest BCUT2D eigenvalue weighted by atomic mass is 9.87. The van der Waals surface area contributed by atoms with Crippen molar-refractivity contribution in [3.63, 3.8) is 0 Å². The molecule has 2 aliphatic rings. The van der Waals surface area contributed by atoms with Crippen LogP contribution < -0.4 is 5.32 Å². The van der Waals surface area contributed by atoms with E-state index in [1.54, 1.807) is 0 Å². The van der Waals surface area contributed by atoms with Crippen LogP contribution in [0.2, 0.25) is 0 Å². The monoisotopic (exact) mass is 319 g/mol. The Morgan fingerprint density at radius 3 is 2.54 bits per heavy atom. The molecule has 2 heteroatoms. The molecule has 1 heterocycles. The normalized spacial score (nSPS) is 31.7. The molecule has 1 aliphatic heterocycles. The minimum absolute atomic E-state index is 0.0551. The first-order chi connectivity index (χ1) is 11.5. The number of fused-ring (bicyclic) bond motifs is 3. The smallest absolute Gasteiger partial charge is 0.123 e. The van der Waals surface area contributed by atoms with E-state index in [9.17, 15) is 4.39 Å². The van der Waals surface area contributed by atoms with Crippen LogP contribution in [0.3, 0.4) is 0 Å². The summed E-state index contributed by atoms with van der Waals surface area (Å²) in [5.74, 6) is -0.202. The van der Waals surface area contributed by atoms with Crippen molar-refractivity contribution in [2.45, 2.75) is 37.6 Å². The molecular weight excluding hydrogens is 297 g/mol. The van der Waals surface area contributed by atoms with Crippen molar-refractivity contribution in [3.05, 3.63) is 89.4 Å². The predicted octanol–water partition coefficient (Wildman–Crippen LogP) is 4.99. The molecule has 0 saturated heterocycles. The van der Waals surface area contributed by atoms with E-state index in [0.717, 1.165) is 24.0 Å². The average Bonchev–Trinajstić information content (AvgIpc) is 3.15. The molecule has 0 amide bonds. The number of hydrogen-bond donors (Lipinski definition) is 1. The minimum atomic E-state index is -0.202. The Morgan fingerprint density at radius 1 is 1.00 bits per heavy atom. The largest absolute Gasteiger partial charge is 0.384 e. The van der Waals surface area contributed by atoms with Crippen LogP contribution >= 0.6 is 0 Å². The van der Waals surface area contributed by atoms with Crippen LogP contribution in [0.5, 0.6) is 0 Å². The molecule has 122 valence electrons. The van der Waals surface area contributed by atoms with Gasteiger partial charge in [-0.3, -0.25) is 0 Å². The zero-order valence-corrected chi connectivity index (χ0v) is 14.1. The van der Waals surface area contributed by atoms with Gasteiger partial charge >= 0.3 is 0 Å². The van der Waals surface area contributed by atoms with Gasteiger partial charge < -0.3 is 5.32 Å². The highest BCUT2D eigenvalue weighted by Crippen LogP contribution is 2.58. The van der Waals surface area contributed by atoms with Crippen LogP contribution in [0.1, 0.15) is 37.0 Å². The molecule has 2 aromatic carbocycles. The molecular formula is C22H22FN. The zero-order valence-electron chi connectivity index (χ0n) is 14.1.